The highest BCUT2D eigenvalue weighted by Crippen LogP contribution is 2.34. The molecule has 1 atom stereocenters. The molecule has 184 valence electrons. The Morgan fingerprint density at radius 3 is 2.89 bits per heavy atom. The van der Waals surface area contributed by atoms with Crippen LogP contribution in [0.4, 0.5) is 6.01 Å². The van der Waals surface area contributed by atoms with Crippen molar-refractivity contribution < 1.29 is 26.8 Å². The quantitative estimate of drug-likeness (QED) is 0.357. The van der Waals surface area contributed by atoms with Crippen molar-refractivity contribution in [3.63, 3.8) is 0 Å². The summed E-state index contributed by atoms with van der Waals surface area (Å²) in [4.78, 5) is 13.1. The van der Waals surface area contributed by atoms with Gasteiger partial charge in [0.05, 0.1) is 10.9 Å². The number of nitrogens with one attached hydrogen (secondary N) is 1. The second-order valence-corrected chi connectivity index (χ2v) is 11.6. The fourth-order valence-corrected chi connectivity index (χ4v) is 7.25. The van der Waals surface area contributed by atoms with Crippen LogP contribution in [-0.4, -0.2) is 48.0 Å². The van der Waals surface area contributed by atoms with Gasteiger partial charge in [-0.1, -0.05) is 35.3 Å². The van der Waals surface area contributed by atoms with Crippen LogP contribution in [0.3, 0.4) is 0 Å². The summed E-state index contributed by atoms with van der Waals surface area (Å²) in [5.74, 6) is 0.432. The monoisotopic (exact) mass is 536 g/mol. The summed E-state index contributed by atoms with van der Waals surface area (Å²) in [5.41, 5.74) is 0.546. The second kappa shape index (κ2) is 9.61. The molecule has 0 aliphatic carbocycles. The first-order chi connectivity index (χ1) is 16.9. The summed E-state index contributed by atoms with van der Waals surface area (Å²) >= 11 is 6.89. The van der Waals surface area contributed by atoms with Crippen molar-refractivity contribution in [2.45, 2.75) is 36.4 Å². The third-order valence-corrected chi connectivity index (χ3v) is 9.15. The maximum Gasteiger partial charge on any atom is 0.322 e. The van der Waals surface area contributed by atoms with Crippen LogP contribution in [0.15, 0.2) is 49.4 Å². The van der Waals surface area contributed by atoms with Gasteiger partial charge in [0.25, 0.3) is 15.9 Å². The topological polar surface area (TPSA) is 128 Å². The van der Waals surface area contributed by atoms with Gasteiger partial charge in [0.15, 0.2) is 17.1 Å². The van der Waals surface area contributed by atoms with Crippen molar-refractivity contribution in [2.75, 3.05) is 18.5 Å². The second-order valence-electron chi connectivity index (χ2n) is 7.81. The maximum atomic E-state index is 13.1. The number of anilines is 1. The predicted octanol–water partition coefficient (Wildman–Crippen LogP) is 4.78. The number of thiophene rings is 1. The molecule has 3 aromatic heterocycles. The van der Waals surface area contributed by atoms with E-state index in [-0.39, 0.29) is 22.7 Å². The Balaban J connectivity index is 1.35. The summed E-state index contributed by atoms with van der Waals surface area (Å²) in [6.07, 6.45) is 1.74. The van der Waals surface area contributed by atoms with E-state index in [4.69, 9.17) is 25.2 Å². The standard InChI is InChI=1S/C22H21ClN4O6S2/c1-2-31-15-8-5-6-13-12-16(32-19(13)15)21-25-26-22(33-21)24-20(28)14-7-3-4-11-27(14)35(29,30)18-10-9-17(23)34-18/h5-6,8-10,12,14H,2-4,7,11H2,1H3,(H,24,26,28). The van der Waals surface area contributed by atoms with Crippen LogP contribution in [0.5, 0.6) is 5.75 Å². The first-order valence-corrected chi connectivity index (χ1v) is 13.6. The SMILES string of the molecule is CCOc1cccc2cc(-c3nnc(NC(=O)C4CCCCN4S(=O)(=O)c4ccc(Cl)s4)o3)oc12. The van der Waals surface area contributed by atoms with Crippen LogP contribution in [0.2, 0.25) is 4.34 Å². The fraction of sp³-hybridized carbons (Fsp3) is 0.318. The van der Waals surface area contributed by atoms with Crippen molar-refractivity contribution in [2.24, 2.45) is 0 Å². The Labute approximate surface area is 209 Å². The van der Waals surface area contributed by atoms with Crippen LogP contribution in [0.1, 0.15) is 26.2 Å². The number of aromatic nitrogens is 2. The van der Waals surface area contributed by atoms with E-state index in [0.29, 0.717) is 47.3 Å². The number of piperidine rings is 1. The van der Waals surface area contributed by atoms with Gasteiger partial charge in [0.1, 0.15) is 10.3 Å². The number of furan rings is 1. The number of halogens is 1. The Bertz CT molecular complexity index is 1480. The van der Waals surface area contributed by atoms with E-state index in [1.807, 2.05) is 19.1 Å². The number of sulfonamides is 1. The number of carbonyl (C=O) groups is 1. The lowest BCUT2D eigenvalue weighted by atomic mass is 10.0. The summed E-state index contributed by atoms with van der Waals surface area (Å²) in [6, 6.07) is 9.14. The van der Waals surface area contributed by atoms with E-state index in [2.05, 4.69) is 15.5 Å². The Hall–Kier alpha value is -2.93. The van der Waals surface area contributed by atoms with Crippen LogP contribution < -0.4 is 10.1 Å². The van der Waals surface area contributed by atoms with Crippen LogP contribution >= 0.6 is 22.9 Å². The van der Waals surface area contributed by atoms with Gasteiger partial charge in [-0.3, -0.25) is 10.1 Å². The molecule has 10 nitrogen and oxygen atoms in total. The van der Waals surface area contributed by atoms with Gasteiger partial charge in [0.2, 0.25) is 5.91 Å². The highest BCUT2D eigenvalue weighted by molar-refractivity contribution is 7.91. The van der Waals surface area contributed by atoms with Gasteiger partial charge < -0.3 is 13.6 Å². The zero-order chi connectivity index (χ0) is 24.6. The van der Waals surface area contributed by atoms with E-state index in [0.717, 1.165) is 16.7 Å². The van der Waals surface area contributed by atoms with Gasteiger partial charge in [-0.15, -0.1) is 16.4 Å². The average molecular weight is 537 g/mol. The molecule has 1 amide bonds. The molecule has 1 aliphatic rings. The predicted molar refractivity (Wildman–Crippen MR) is 130 cm³/mol. The van der Waals surface area contributed by atoms with Crippen molar-refractivity contribution in [3.8, 4) is 17.4 Å². The van der Waals surface area contributed by atoms with Crippen LogP contribution in [0.25, 0.3) is 22.6 Å². The lowest BCUT2D eigenvalue weighted by Crippen LogP contribution is -2.49. The maximum absolute atomic E-state index is 13.1. The first kappa shape index (κ1) is 23.8. The lowest BCUT2D eigenvalue weighted by molar-refractivity contribution is -0.120. The Morgan fingerprint density at radius 1 is 1.26 bits per heavy atom. The minimum absolute atomic E-state index is 0.0697. The third-order valence-electron chi connectivity index (χ3n) is 5.54. The van der Waals surface area contributed by atoms with Crippen molar-refractivity contribution >= 4 is 55.9 Å². The van der Waals surface area contributed by atoms with Gasteiger partial charge in [-0.25, -0.2) is 8.42 Å². The number of para-hydroxylation sites is 1. The fourth-order valence-electron chi connectivity index (χ4n) is 3.98. The van der Waals surface area contributed by atoms with Crippen molar-refractivity contribution in [3.05, 3.63) is 40.7 Å². The van der Waals surface area contributed by atoms with Crippen molar-refractivity contribution in [1.29, 1.82) is 0 Å². The largest absolute Gasteiger partial charge is 0.490 e. The highest BCUT2D eigenvalue weighted by Gasteiger charge is 2.39. The Morgan fingerprint density at radius 2 is 2.11 bits per heavy atom. The van der Waals surface area contributed by atoms with Gasteiger partial charge in [-0.2, -0.15) is 4.31 Å². The number of benzene rings is 1. The number of hydrogen-bond acceptors (Lipinski definition) is 9. The molecular weight excluding hydrogens is 516 g/mol. The molecule has 1 fully saturated rings. The smallest absolute Gasteiger partial charge is 0.322 e. The molecule has 1 saturated heterocycles. The molecule has 5 rings (SSSR count). The number of ether oxygens (including phenoxy) is 1. The number of hydrogen-bond donors (Lipinski definition) is 1. The van der Waals surface area contributed by atoms with Crippen LogP contribution in [-0.2, 0) is 14.8 Å². The summed E-state index contributed by atoms with van der Waals surface area (Å²) in [6.45, 7) is 2.59. The van der Waals surface area contributed by atoms with E-state index in [1.165, 1.54) is 16.4 Å². The Kier molecular flexibility index (Phi) is 6.53. The molecule has 1 aromatic carbocycles. The zero-order valence-electron chi connectivity index (χ0n) is 18.6. The number of rotatable bonds is 7. The van der Waals surface area contributed by atoms with Gasteiger partial charge in [-0.05, 0) is 44.0 Å². The molecule has 1 aliphatic heterocycles. The van der Waals surface area contributed by atoms with Crippen LogP contribution in [0, 0.1) is 0 Å². The lowest BCUT2D eigenvalue weighted by Gasteiger charge is -2.32. The number of nitrogens with zero attached hydrogens (tertiary/aromatic N) is 3. The van der Waals surface area contributed by atoms with Gasteiger partial charge >= 0.3 is 6.01 Å². The zero-order valence-corrected chi connectivity index (χ0v) is 21.0. The first-order valence-electron chi connectivity index (χ1n) is 10.9. The molecule has 0 bridgehead atoms. The van der Waals surface area contributed by atoms with E-state index in [1.54, 1.807) is 12.1 Å². The average Bonchev–Trinajstić information content (AvgIpc) is 3.59. The minimum Gasteiger partial charge on any atom is -0.490 e. The molecular formula is C22H21ClN4O6S2. The molecule has 0 spiro atoms. The molecule has 4 heterocycles. The van der Waals surface area contributed by atoms with Crippen molar-refractivity contribution in [1.82, 2.24) is 14.5 Å². The molecule has 1 N–H and O–H groups in total. The van der Waals surface area contributed by atoms with E-state index in [9.17, 15) is 13.2 Å². The number of fused-ring (bicyclic) bond motifs is 1. The normalized spacial score (nSPS) is 17.0. The highest BCUT2D eigenvalue weighted by atomic mass is 35.5. The van der Waals surface area contributed by atoms with E-state index < -0.39 is 22.0 Å². The summed E-state index contributed by atoms with van der Waals surface area (Å²) < 4.78 is 45.0. The molecule has 0 radical (unpaired) electrons. The number of amides is 1. The minimum atomic E-state index is -3.88. The molecule has 35 heavy (non-hydrogen) atoms. The molecule has 0 saturated carbocycles. The number of carbonyl (C=O) groups excluding carboxylic acids is 1. The van der Waals surface area contributed by atoms with E-state index >= 15 is 0 Å². The summed E-state index contributed by atoms with van der Waals surface area (Å²) in [5, 5.41) is 11.2. The molecule has 13 heteroatoms. The molecule has 4 aromatic rings. The third kappa shape index (κ3) is 4.66. The molecule has 1 unspecified atom stereocenters. The summed E-state index contributed by atoms with van der Waals surface area (Å²) in [7, 11) is -3.88. The van der Waals surface area contributed by atoms with Gasteiger partial charge in [0, 0.05) is 11.9 Å².